The number of amides is 1. The van der Waals surface area contributed by atoms with Crippen LogP contribution >= 0.6 is 11.3 Å². The number of carbonyl (C=O) groups is 1. The summed E-state index contributed by atoms with van der Waals surface area (Å²) in [6, 6.07) is 9.82. The fourth-order valence-corrected chi connectivity index (χ4v) is 3.26. The van der Waals surface area contributed by atoms with Crippen molar-refractivity contribution in [1.29, 1.82) is 0 Å². The number of carbonyl (C=O) groups excluding carboxylic acids is 1. The summed E-state index contributed by atoms with van der Waals surface area (Å²) in [4.78, 5) is 14.9. The second kappa shape index (κ2) is 6.09. The number of hydrogen-bond acceptors (Lipinski definition) is 3. The van der Waals surface area contributed by atoms with Gasteiger partial charge in [0.2, 0.25) is 0 Å². The molecule has 0 aliphatic carbocycles. The third kappa shape index (κ3) is 3.39. The van der Waals surface area contributed by atoms with Crippen molar-refractivity contribution in [2.24, 2.45) is 0 Å². The quantitative estimate of drug-likeness (QED) is 0.848. The van der Waals surface area contributed by atoms with Crippen molar-refractivity contribution < 1.29 is 4.79 Å². The lowest BCUT2D eigenvalue weighted by molar-refractivity contribution is 0.0940. The summed E-state index contributed by atoms with van der Waals surface area (Å²) in [6.07, 6.45) is 0.843. The molecule has 0 aliphatic heterocycles. The van der Waals surface area contributed by atoms with E-state index in [1.54, 1.807) is 17.4 Å². The monoisotopic (exact) mass is 288 g/mol. The molecule has 20 heavy (non-hydrogen) atoms. The van der Waals surface area contributed by atoms with Gasteiger partial charge in [0.05, 0.1) is 5.56 Å². The van der Waals surface area contributed by atoms with Gasteiger partial charge in [-0.25, -0.2) is 0 Å². The Hall–Kier alpha value is -1.81. The Balaban J connectivity index is 2.04. The number of nitrogens with one attached hydrogen (secondary N) is 1. The molecule has 1 heterocycles. The molecule has 0 radical (unpaired) electrons. The molecule has 0 aliphatic rings. The van der Waals surface area contributed by atoms with Crippen molar-refractivity contribution in [3.8, 4) is 0 Å². The van der Waals surface area contributed by atoms with Gasteiger partial charge in [0.1, 0.15) is 0 Å². The highest BCUT2D eigenvalue weighted by atomic mass is 32.1. The van der Waals surface area contributed by atoms with Gasteiger partial charge in [0.25, 0.3) is 5.91 Å². The average molecular weight is 288 g/mol. The van der Waals surface area contributed by atoms with Crippen molar-refractivity contribution in [3.63, 3.8) is 0 Å². The molecule has 2 rings (SSSR count). The Bertz CT molecular complexity index is 598. The van der Waals surface area contributed by atoms with Crippen LogP contribution in [0.1, 0.15) is 32.6 Å². The van der Waals surface area contributed by atoms with Crippen LogP contribution in [0.3, 0.4) is 0 Å². The molecule has 3 nitrogen and oxygen atoms in total. The Morgan fingerprint density at radius 3 is 2.65 bits per heavy atom. The fourth-order valence-electron chi connectivity index (χ4n) is 2.24. The summed E-state index contributed by atoms with van der Waals surface area (Å²) < 4.78 is 0. The molecule has 4 heteroatoms. The maximum atomic E-state index is 12.3. The summed E-state index contributed by atoms with van der Waals surface area (Å²) in [6.45, 7) is 6.01. The van der Waals surface area contributed by atoms with Gasteiger partial charge in [-0.2, -0.15) is 0 Å². The summed E-state index contributed by atoms with van der Waals surface area (Å²) in [5.74, 6) is -0.0959. The van der Waals surface area contributed by atoms with Crippen LogP contribution in [0.25, 0.3) is 0 Å². The Kier molecular flexibility index (Phi) is 4.45. The van der Waals surface area contributed by atoms with Crippen molar-refractivity contribution in [2.45, 2.75) is 33.2 Å². The van der Waals surface area contributed by atoms with Crippen molar-refractivity contribution >= 4 is 22.9 Å². The zero-order valence-corrected chi connectivity index (χ0v) is 12.9. The van der Waals surface area contributed by atoms with E-state index in [4.69, 9.17) is 5.73 Å². The first-order valence-electron chi connectivity index (χ1n) is 6.68. The Morgan fingerprint density at radius 1 is 1.30 bits per heavy atom. The number of nitrogens with two attached hydrogens (primary N) is 1. The summed E-state index contributed by atoms with van der Waals surface area (Å²) >= 11 is 1.77. The second-order valence-corrected chi connectivity index (χ2v) is 6.50. The highest BCUT2D eigenvalue weighted by Crippen LogP contribution is 2.18. The van der Waals surface area contributed by atoms with Crippen LogP contribution < -0.4 is 11.1 Å². The number of thiophene rings is 1. The predicted molar refractivity (Wildman–Crippen MR) is 85.3 cm³/mol. The van der Waals surface area contributed by atoms with Gasteiger partial charge in [-0.15, -0.1) is 11.3 Å². The van der Waals surface area contributed by atoms with Crippen LogP contribution in [0.5, 0.6) is 0 Å². The van der Waals surface area contributed by atoms with Gasteiger partial charge in [-0.05, 0) is 44.5 Å². The minimum absolute atomic E-state index is 0.0829. The average Bonchev–Trinajstić information content (AvgIpc) is 2.74. The molecule has 1 atom stereocenters. The number of aryl methyl sites for hydroxylation is 2. The molecular weight excluding hydrogens is 268 g/mol. The number of nitrogen functional groups attached to an aromatic ring is 1. The maximum Gasteiger partial charge on any atom is 0.253 e. The molecule has 1 aromatic heterocycles. The van der Waals surface area contributed by atoms with E-state index in [0.717, 1.165) is 12.0 Å². The first-order valence-corrected chi connectivity index (χ1v) is 7.50. The molecule has 1 unspecified atom stereocenters. The van der Waals surface area contributed by atoms with Gasteiger partial charge < -0.3 is 11.1 Å². The minimum Gasteiger partial charge on any atom is -0.398 e. The minimum atomic E-state index is -0.0959. The summed E-state index contributed by atoms with van der Waals surface area (Å²) in [5.41, 5.74) is 7.91. The van der Waals surface area contributed by atoms with Crippen molar-refractivity contribution in [1.82, 2.24) is 5.32 Å². The van der Waals surface area contributed by atoms with E-state index >= 15 is 0 Å². The molecule has 0 fully saturated rings. The fraction of sp³-hybridized carbons (Fsp3) is 0.312. The molecule has 106 valence electrons. The van der Waals surface area contributed by atoms with Gasteiger partial charge in [0, 0.05) is 27.9 Å². The lowest BCUT2D eigenvalue weighted by Gasteiger charge is -2.15. The first-order chi connectivity index (χ1) is 9.47. The van der Waals surface area contributed by atoms with E-state index in [0.29, 0.717) is 11.3 Å². The van der Waals surface area contributed by atoms with E-state index in [2.05, 4.69) is 24.4 Å². The van der Waals surface area contributed by atoms with Gasteiger partial charge in [-0.1, -0.05) is 12.1 Å². The molecule has 0 saturated carbocycles. The van der Waals surface area contributed by atoms with E-state index < -0.39 is 0 Å². The maximum absolute atomic E-state index is 12.3. The molecule has 1 amide bonds. The molecule has 0 saturated heterocycles. The molecule has 3 N–H and O–H groups in total. The molecule has 1 aromatic carbocycles. The third-order valence-corrected chi connectivity index (χ3v) is 4.24. The Morgan fingerprint density at radius 2 is 2.05 bits per heavy atom. The summed E-state index contributed by atoms with van der Waals surface area (Å²) in [7, 11) is 0. The van der Waals surface area contributed by atoms with E-state index in [1.807, 2.05) is 26.0 Å². The molecule has 0 bridgehead atoms. The first kappa shape index (κ1) is 14.6. The number of hydrogen-bond donors (Lipinski definition) is 2. The zero-order valence-electron chi connectivity index (χ0n) is 12.1. The van der Waals surface area contributed by atoms with Crippen LogP contribution in [0, 0.1) is 13.8 Å². The lowest BCUT2D eigenvalue weighted by atomic mass is 10.1. The normalized spacial score (nSPS) is 12.2. The van der Waals surface area contributed by atoms with Gasteiger partial charge in [-0.3, -0.25) is 4.79 Å². The zero-order chi connectivity index (χ0) is 14.7. The smallest absolute Gasteiger partial charge is 0.253 e. The van der Waals surface area contributed by atoms with Crippen LogP contribution in [0.2, 0.25) is 0 Å². The predicted octanol–water partition coefficient (Wildman–Crippen LogP) is 3.31. The van der Waals surface area contributed by atoms with Crippen LogP contribution in [-0.4, -0.2) is 11.9 Å². The highest BCUT2D eigenvalue weighted by molar-refractivity contribution is 7.11. The van der Waals surface area contributed by atoms with Gasteiger partial charge in [0.15, 0.2) is 0 Å². The molecule has 2 aromatic rings. The van der Waals surface area contributed by atoms with Gasteiger partial charge >= 0.3 is 0 Å². The van der Waals surface area contributed by atoms with Crippen LogP contribution in [0.4, 0.5) is 5.69 Å². The van der Waals surface area contributed by atoms with E-state index in [-0.39, 0.29) is 11.9 Å². The topological polar surface area (TPSA) is 55.1 Å². The molecular formula is C16H20N2OS. The van der Waals surface area contributed by atoms with Crippen LogP contribution in [0.15, 0.2) is 30.3 Å². The number of benzene rings is 1. The second-order valence-electron chi connectivity index (χ2n) is 5.13. The summed E-state index contributed by atoms with van der Waals surface area (Å²) in [5, 5.41) is 3.02. The third-order valence-electron chi connectivity index (χ3n) is 3.21. The lowest BCUT2D eigenvalue weighted by Crippen LogP contribution is -2.34. The highest BCUT2D eigenvalue weighted by Gasteiger charge is 2.15. The SMILES string of the molecule is Cc1ccc(CC(C)NC(=O)c2c(C)cccc2N)s1. The Labute approximate surface area is 123 Å². The van der Waals surface area contributed by atoms with Crippen molar-refractivity contribution in [2.75, 3.05) is 5.73 Å². The largest absolute Gasteiger partial charge is 0.398 e. The standard InChI is InChI=1S/C16H20N2OS/c1-10-5-4-6-14(17)15(10)16(19)18-11(2)9-13-8-7-12(3)20-13/h4-8,11H,9,17H2,1-3H3,(H,18,19). The van der Waals surface area contributed by atoms with Crippen LogP contribution in [-0.2, 0) is 6.42 Å². The van der Waals surface area contributed by atoms with Crippen molar-refractivity contribution in [3.05, 3.63) is 51.2 Å². The van der Waals surface area contributed by atoms with E-state index in [9.17, 15) is 4.79 Å². The molecule has 0 spiro atoms. The number of rotatable bonds is 4. The number of anilines is 1. The van der Waals surface area contributed by atoms with E-state index in [1.165, 1.54) is 9.75 Å².